The van der Waals surface area contributed by atoms with Crippen LogP contribution in [-0.2, 0) is 17.1 Å². The van der Waals surface area contributed by atoms with E-state index in [0.717, 1.165) is 38.2 Å². The van der Waals surface area contributed by atoms with Crippen LogP contribution in [0.15, 0.2) is 42.5 Å². The standard InChI is InChI=1S/C21H28F2N6O2/c22-21(23,16-8-4-3-5-9-16)18(30)12-11-17-14-24-20(31)15-29(17)13-7-2-1-6-10-19-25-27-28-26-19/h3-5,8-9,11-12,17-18,30H,1-2,6-7,10,13-15H2,(H,24,31)(H,25,26,27,28)/t17-,18+/m0/s1. The Kier molecular flexibility index (Phi) is 8.19. The number of tetrazole rings is 1. The molecule has 0 bridgehead atoms. The number of nitrogens with one attached hydrogen (secondary N) is 2. The summed E-state index contributed by atoms with van der Waals surface area (Å²) in [5, 5.41) is 26.6. The number of halogens is 2. The predicted molar refractivity (Wildman–Crippen MR) is 110 cm³/mol. The summed E-state index contributed by atoms with van der Waals surface area (Å²) in [7, 11) is 0. The van der Waals surface area contributed by atoms with Crippen molar-refractivity contribution in [1.82, 2.24) is 30.8 Å². The average molecular weight is 434 g/mol. The number of aromatic nitrogens is 4. The molecule has 2 atom stereocenters. The lowest BCUT2D eigenvalue weighted by molar-refractivity contribution is -0.125. The number of aliphatic hydroxyl groups is 1. The molecule has 1 saturated heterocycles. The van der Waals surface area contributed by atoms with Crippen molar-refractivity contribution < 1.29 is 18.7 Å². The minimum atomic E-state index is -3.39. The van der Waals surface area contributed by atoms with Crippen LogP contribution in [0.1, 0.15) is 37.1 Å². The number of aryl methyl sites for hydroxylation is 1. The zero-order valence-electron chi connectivity index (χ0n) is 17.3. The van der Waals surface area contributed by atoms with Crippen molar-refractivity contribution in [3.8, 4) is 0 Å². The van der Waals surface area contributed by atoms with Crippen molar-refractivity contribution in [2.75, 3.05) is 19.6 Å². The van der Waals surface area contributed by atoms with Crippen LogP contribution in [0.2, 0.25) is 0 Å². The van der Waals surface area contributed by atoms with Gasteiger partial charge in [-0.2, -0.15) is 14.0 Å². The highest BCUT2D eigenvalue weighted by atomic mass is 19.3. The van der Waals surface area contributed by atoms with Crippen molar-refractivity contribution >= 4 is 5.91 Å². The third kappa shape index (κ3) is 6.63. The lowest BCUT2D eigenvalue weighted by Crippen LogP contribution is -2.53. The van der Waals surface area contributed by atoms with E-state index in [1.807, 2.05) is 4.90 Å². The quantitative estimate of drug-likeness (QED) is 0.368. The molecule has 1 aromatic carbocycles. The van der Waals surface area contributed by atoms with Gasteiger partial charge in [0.1, 0.15) is 6.10 Å². The van der Waals surface area contributed by atoms with E-state index >= 15 is 0 Å². The lowest BCUT2D eigenvalue weighted by atomic mass is 10.0. The maximum Gasteiger partial charge on any atom is 0.302 e. The third-order valence-electron chi connectivity index (χ3n) is 5.35. The Hall–Kier alpha value is -2.72. The molecule has 2 heterocycles. The normalized spacial score (nSPS) is 18.9. The molecule has 0 aliphatic carbocycles. The molecule has 31 heavy (non-hydrogen) atoms. The fraction of sp³-hybridized carbons (Fsp3) is 0.524. The van der Waals surface area contributed by atoms with Crippen LogP contribution in [-0.4, -0.2) is 68.3 Å². The number of nitrogens with zero attached hydrogens (tertiary/aromatic N) is 4. The molecule has 1 amide bonds. The topological polar surface area (TPSA) is 107 Å². The first-order valence-corrected chi connectivity index (χ1v) is 10.5. The molecule has 1 aliphatic rings. The first kappa shape index (κ1) is 23.0. The summed E-state index contributed by atoms with van der Waals surface area (Å²) in [6, 6.07) is 7.03. The maximum absolute atomic E-state index is 14.5. The highest BCUT2D eigenvalue weighted by molar-refractivity contribution is 5.79. The molecule has 3 N–H and O–H groups in total. The van der Waals surface area contributed by atoms with E-state index in [0.29, 0.717) is 18.9 Å². The molecule has 168 valence electrons. The summed E-state index contributed by atoms with van der Waals surface area (Å²) in [6.07, 6.45) is 5.32. The summed E-state index contributed by atoms with van der Waals surface area (Å²) in [5.74, 6) is -2.78. The number of benzene rings is 1. The minimum Gasteiger partial charge on any atom is -0.382 e. The number of unbranched alkanes of at least 4 members (excludes halogenated alkanes) is 3. The SMILES string of the molecule is O=C1CN(CCCCCCc2nn[nH]n2)[C@@H](C=C[C@@H](O)C(F)(F)c2ccccc2)CN1. The summed E-state index contributed by atoms with van der Waals surface area (Å²) in [5.41, 5.74) is -0.234. The molecule has 0 unspecified atom stereocenters. The van der Waals surface area contributed by atoms with Gasteiger partial charge in [0.25, 0.3) is 0 Å². The van der Waals surface area contributed by atoms with Crippen molar-refractivity contribution in [3.63, 3.8) is 0 Å². The molecule has 3 rings (SSSR count). The van der Waals surface area contributed by atoms with Crippen molar-refractivity contribution in [2.45, 2.75) is 50.2 Å². The van der Waals surface area contributed by atoms with Gasteiger partial charge in [-0.3, -0.25) is 9.69 Å². The number of hydrogen-bond acceptors (Lipinski definition) is 6. The fourth-order valence-corrected chi connectivity index (χ4v) is 3.57. The highest BCUT2D eigenvalue weighted by Gasteiger charge is 2.39. The fourth-order valence-electron chi connectivity index (χ4n) is 3.57. The van der Waals surface area contributed by atoms with E-state index < -0.39 is 12.0 Å². The molecule has 10 heteroatoms. The molecular weight excluding hydrogens is 406 g/mol. The lowest BCUT2D eigenvalue weighted by Gasteiger charge is -2.34. The summed E-state index contributed by atoms with van der Waals surface area (Å²) in [6.45, 7) is 1.22. The second-order valence-electron chi connectivity index (χ2n) is 7.65. The third-order valence-corrected chi connectivity index (χ3v) is 5.35. The Morgan fingerprint density at radius 3 is 2.74 bits per heavy atom. The number of rotatable bonds is 11. The molecule has 1 aliphatic heterocycles. The molecule has 1 fully saturated rings. The first-order valence-electron chi connectivity index (χ1n) is 10.5. The van der Waals surface area contributed by atoms with Gasteiger partial charge in [0, 0.05) is 24.6 Å². The van der Waals surface area contributed by atoms with Crippen LogP contribution in [0.4, 0.5) is 8.78 Å². The minimum absolute atomic E-state index is 0.0862. The summed E-state index contributed by atoms with van der Waals surface area (Å²) < 4.78 is 29.0. The number of hydrogen-bond donors (Lipinski definition) is 3. The Morgan fingerprint density at radius 1 is 1.23 bits per heavy atom. The average Bonchev–Trinajstić information content (AvgIpc) is 3.29. The van der Waals surface area contributed by atoms with E-state index in [4.69, 9.17) is 0 Å². The molecular formula is C21H28F2N6O2. The van der Waals surface area contributed by atoms with Gasteiger partial charge in [-0.15, -0.1) is 10.2 Å². The predicted octanol–water partition coefficient (Wildman–Crippen LogP) is 1.81. The van der Waals surface area contributed by atoms with Crippen LogP contribution < -0.4 is 5.32 Å². The molecule has 2 aromatic rings. The van der Waals surface area contributed by atoms with E-state index in [1.54, 1.807) is 12.1 Å². The Morgan fingerprint density at radius 2 is 2.00 bits per heavy atom. The summed E-state index contributed by atoms with van der Waals surface area (Å²) in [4.78, 5) is 13.8. The first-order chi connectivity index (χ1) is 15.0. The van der Waals surface area contributed by atoms with Crippen LogP contribution in [0.5, 0.6) is 0 Å². The van der Waals surface area contributed by atoms with Gasteiger partial charge >= 0.3 is 5.92 Å². The maximum atomic E-state index is 14.5. The summed E-state index contributed by atoms with van der Waals surface area (Å²) >= 11 is 0. The van der Waals surface area contributed by atoms with E-state index in [1.165, 1.54) is 24.3 Å². The van der Waals surface area contributed by atoms with Crippen LogP contribution in [0.25, 0.3) is 0 Å². The van der Waals surface area contributed by atoms with Crippen molar-refractivity contribution in [2.24, 2.45) is 0 Å². The van der Waals surface area contributed by atoms with Gasteiger partial charge < -0.3 is 10.4 Å². The largest absolute Gasteiger partial charge is 0.382 e. The van der Waals surface area contributed by atoms with Gasteiger partial charge in [0.05, 0.1) is 6.54 Å². The van der Waals surface area contributed by atoms with Crippen LogP contribution >= 0.6 is 0 Å². The number of aromatic amines is 1. The van der Waals surface area contributed by atoms with E-state index in [2.05, 4.69) is 25.9 Å². The number of carbonyl (C=O) groups is 1. The second kappa shape index (κ2) is 11.1. The Labute approximate surface area is 179 Å². The number of carbonyl (C=O) groups excluding carboxylic acids is 1. The molecule has 0 spiro atoms. The number of H-pyrrole nitrogens is 1. The van der Waals surface area contributed by atoms with Crippen molar-refractivity contribution in [1.29, 1.82) is 0 Å². The van der Waals surface area contributed by atoms with Crippen molar-refractivity contribution in [3.05, 3.63) is 53.9 Å². The molecule has 1 aromatic heterocycles. The second-order valence-corrected chi connectivity index (χ2v) is 7.65. The zero-order chi connectivity index (χ0) is 22.1. The molecule has 0 saturated carbocycles. The van der Waals surface area contributed by atoms with Gasteiger partial charge in [-0.25, -0.2) is 0 Å². The monoisotopic (exact) mass is 434 g/mol. The Bertz CT molecular complexity index is 832. The highest BCUT2D eigenvalue weighted by Crippen LogP contribution is 2.32. The number of piperazine rings is 1. The van der Waals surface area contributed by atoms with E-state index in [-0.39, 0.29) is 24.1 Å². The number of aliphatic hydroxyl groups excluding tert-OH is 1. The smallest absolute Gasteiger partial charge is 0.302 e. The number of amides is 1. The number of alkyl halides is 2. The van der Waals surface area contributed by atoms with Gasteiger partial charge in [-0.1, -0.05) is 60.5 Å². The van der Waals surface area contributed by atoms with Gasteiger partial charge in [0.2, 0.25) is 5.91 Å². The van der Waals surface area contributed by atoms with Crippen LogP contribution in [0, 0.1) is 0 Å². The van der Waals surface area contributed by atoms with Gasteiger partial charge in [-0.05, 0) is 19.4 Å². The Balaban J connectivity index is 1.48. The zero-order valence-corrected chi connectivity index (χ0v) is 17.3. The van der Waals surface area contributed by atoms with Crippen LogP contribution in [0.3, 0.4) is 0 Å². The van der Waals surface area contributed by atoms with Gasteiger partial charge in [0.15, 0.2) is 5.82 Å². The molecule has 8 nitrogen and oxygen atoms in total. The van der Waals surface area contributed by atoms with E-state index in [9.17, 15) is 18.7 Å². The molecule has 0 radical (unpaired) electrons.